The first-order valence-corrected chi connectivity index (χ1v) is 5.66. The van der Waals surface area contributed by atoms with Gasteiger partial charge in [0.05, 0.1) is 16.8 Å². The molecule has 0 aliphatic heterocycles. The summed E-state index contributed by atoms with van der Waals surface area (Å²) in [5, 5.41) is 16.6. The highest BCUT2D eigenvalue weighted by molar-refractivity contribution is 7.13. The Hall–Kier alpha value is -2.28. The maximum Gasteiger partial charge on any atom is 0.324 e. The smallest absolute Gasteiger partial charge is 0.258 e. The van der Waals surface area contributed by atoms with Crippen molar-refractivity contribution in [2.75, 3.05) is 0 Å². The zero-order valence-electron chi connectivity index (χ0n) is 8.48. The van der Waals surface area contributed by atoms with Gasteiger partial charge in [0.15, 0.2) is 5.65 Å². The first kappa shape index (κ1) is 9.91. The summed E-state index contributed by atoms with van der Waals surface area (Å²) in [4.78, 5) is 14.4. The Morgan fingerprint density at radius 2 is 2.24 bits per heavy atom. The van der Waals surface area contributed by atoms with Crippen LogP contribution in [0.5, 0.6) is 0 Å². The molecule has 0 aliphatic carbocycles. The Kier molecular flexibility index (Phi) is 2.12. The van der Waals surface area contributed by atoms with E-state index in [2.05, 4.69) is 10.1 Å². The number of nitrogens with zero attached hydrogens (tertiary/aromatic N) is 4. The molecule has 0 spiro atoms. The van der Waals surface area contributed by atoms with E-state index in [0.717, 1.165) is 28.2 Å². The molecule has 3 rings (SSSR count). The highest BCUT2D eigenvalue weighted by Gasteiger charge is 2.13. The van der Waals surface area contributed by atoms with Gasteiger partial charge in [0.2, 0.25) is 0 Å². The Labute approximate surface area is 99.3 Å². The van der Waals surface area contributed by atoms with Crippen molar-refractivity contribution < 1.29 is 4.92 Å². The fourth-order valence-corrected chi connectivity index (χ4v) is 2.33. The van der Waals surface area contributed by atoms with Crippen molar-refractivity contribution >= 4 is 22.0 Å². The van der Waals surface area contributed by atoms with Crippen LogP contribution >= 0.6 is 11.3 Å². The minimum atomic E-state index is -0.393. The van der Waals surface area contributed by atoms with Gasteiger partial charge in [-0.25, -0.2) is 9.50 Å². The fourth-order valence-electron chi connectivity index (χ4n) is 1.61. The van der Waals surface area contributed by atoms with Crippen molar-refractivity contribution in [1.29, 1.82) is 0 Å². The van der Waals surface area contributed by atoms with Crippen molar-refractivity contribution in [3.8, 4) is 11.3 Å². The maximum atomic E-state index is 10.6. The summed E-state index contributed by atoms with van der Waals surface area (Å²) < 4.78 is 1.66. The molecule has 0 unspecified atom stereocenters. The number of nitro groups is 1. The van der Waals surface area contributed by atoms with Crippen molar-refractivity contribution in [1.82, 2.24) is 14.6 Å². The topological polar surface area (TPSA) is 73.3 Å². The van der Waals surface area contributed by atoms with Gasteiger partial charge in [0.25, 0.3) is 0 Å². The molecule has 6 nitrogen and oxygen atoms in total. The number of hydrogen-bond donors (Lipinski definition) is 0. The van der Waals surface area contributed by atoms with Crippen molar-refractivity contribution in [3.63, 3.8) is 0 Å². The zero-order valence-corrected chi connectivity index (χ0v) is 9.29. The SMILES string of the molecule is O=[N+]([O-])c1cc(-c2ccnc3ccnn23)cs1. The van der Waals surface area contributed by atoms with E-state index in [1.54, 1.807) is 40.5 Å². The molecule has 17 heavy (non-hydrogen) atoms. The van der Waals surface area contributed by atoms with Gasteiger partial charge >= 0.3 is 5.00 Å². The second-order valence-corrected chi connectivity index (χ2v) is 4.25. The molecule has 0 amide bonds. The summed E-state index contributed by atoms with van der Waals surface area (Å²) >= 11 is 1.10. The molecule has 0 saturated heterocycles. The lowest BCUT2D eigenvalue weighted by atomic mass is 10.2. The largest absolute Gasteiger partial charge is 0.324 e. The molecule has 0 aromatic carbocycles. The van der Waals surface area contributed by atoms with E-state index in [4.69, 9.17) is 0 Å². The molecule has 3 heterocycles. The molecule has 0 aliphatic rings. The lowest BCUT2D eigenvalue weighted by Crippen LogP contribution is -1.94. The molecule has 0 saturated carbocycles. The Bertz CT molecular complexity index is 703. The van der Waals surface area contributed by atoms with Crippen LogP contribution in [0.2, 0.25) is 0 Å². The second-order valence-electron chi connectivity index (χ2n) is 3.36. The molecule has 7 heteroatoms. The van der Waals surface area contributed by atoms with Crippen LogP contribution in [0.3, 0.4) is 0 Å². The summed E-state index contributed by atoms with van der Waals surface area (Å²) in [5.41, 5.74) is 2.29. The predicted octanol–water partition coefficient (Wildman–Crippen LogP) is 2.37. The van der Waals surface area contributed by atoms with Gasteiger partial charge in [0.1, 0.15) is 0 Å². The third kappa shape index (κ3) is 1.56. The van der Waals surface area contributed by atoms with Gasteiger partial charge in [-0.3, -0.25) is 10.1 Å². The number of aromatic nitrogens is 3. The van der Waals surface area contributed by atoms with Crippen LogP contribution in [0.1, 0.15) is 0 Å². The number of fused-ring (bicyclic) bond motifs is 1. The molecule has 3 aromatic rings. The lowest BCUT2D eigenvalue weighted by molar-refractivity contribution is -0.380. The van der Waals surface area contributed by atoms with E-state index in [-0.39, 0.29) is 5.00 Å². The zero-order chi connectivity index (χ0) is 11.8. The molecular weight excluding hydrogens is 240 g/mol. The third-order valence-electron chi connectivity index (χ3n) is 2.35. The monoisotopic (exact) mass is 246 g/mol. The highest BCUT2D eigenvalue weighted by atomic mass is 32.1. The van der Waals surface area contributed by atoms with Crippen LogP contribution < -0.4 is 0 Å². The summed E-state index contributed by atoms with van der Waals surface area (Å²) in [7, 11) is 0. The number of hydrogen-bond acceptors (Lipinski definition) is 5. The molecule has 0 bridgehead atoms. The first-order chi connectivity index (χ1) is 8.25. The fraction of sp³-hybridized carbons (Fsp3) is 0. The summed E-state index contributed by atoms with van der Waals surface area (Å²) in [6.07, 6.45) is 3.31. The molecule has 0 radical (unpaired) electrons. The molecule has 84 valence electrons. The molecule has 3 aromatic heterocycles. The predicted molar refractivity (Wildman–Crippen MR) is 63.0 cm³/mol. The summed E-state index contributed by atoms with van der Waals surface area (Å²) in [6, 6.07) is 5.11. The third-order valence-corrected chi connectivity index (χ3v) is 3.23. The normalized spacial score (nSPS) is 10.8. The molecular formula is C10H6N4O2S. The Balaban J connectivity index is 2.19. The van der Waals surface area contributed by atoms with Crippen molar-refractivity contribution in [2.45, 2.75) is 0 Å². The van der Waals surface area contributed by atoms with Crippen LogP contribution in [0.15, 0.2) is 36.0 Å². The van der Waals surface area contributed by atoms with Gasteiger partial charge in [0, 0.05) is 29.3 Å². The van der Waals surface area contributed by atoms with Gasteiger partial charge < -0.3 is 0 Å². The maximum absolute atomic E-state index is 10.6. The Morgan fingerprint density at radius 3 is 3.00 bits per heavy atom. The minimum absolute atomic E-state index is 0.122. The summed E-state index contributed by atoms with van der Waals surface area (Å²) in [5.74, 6) is 0. The first-order valence-electron chi connectivity index (χ1n) is 4.78. The molecule has 0 fully saturated rings. The average molecular weight is 246 g/mol. The van der Waals surface area contributed by atoms with Crippen LogP contribution in [0.25, 0.3) is 16.9 Å². The van der Waals surface area contributed by atoms with Crippen LogP contribution in [0, 0.1) is 10.1 Å². The van der Waals surface area contributed by atoms with E-state index >= 15 is 0 Å². The van der Waals surface area contributed by atoms with E-state index in [1.807, 2.05) is 0 Å². The van der Waals surface area contributed by atoms with Crippen LogP contribution in [-0.4, -0.2) is 19.5 Å². The average Bonchev–Trinajstić information content (AvgIpc) is 2.97. The second kappa shape index (κ2) is 3.63. The van der Waals surface area contributed by atoms with Gasteiger partial charge in [-0.05, 0) is 6.07 Å². The lowest BCUT2D eigenvalue weighted by Gasteiger charge is -2.00. The Morgan fingerprint density at radius 1 is 1.35 bits per heavy atom. The van der Waals surface area contributed by atoms with E-state index < -0.39 is 4.92 Å². The standard InChI is InChI=1S/C10H6N4O2S/c15-14(16)10-5-7(6-17-10)8-1-3-11-9-2-4-12-13(8)9/h1-6H. The van der Waals surface area contributed by atoms with Gasteiger partial charge in [-0.15, -0.1) is 0 Å². The van der Waals surface area contributed by atoms with Crippen LogP contribution in [-0.2, 0) is 0 Å². The summed E-state index contributed by atoms with van der Waals surface area (Å²) in [6.45, 7) is 0. The van der Waals surface area contributed by atoms with Gasteiger partial charge in [-0.1, -0.05) is 11.3 Å². The van der Waals surface area contributed by atoms with E-state index in [0.29, 0.717) is 0 Å². The highest BCUT2D eigenvalue weighted by Crippen LogP contribution is 2.30. The van der Waals surface area contributed by atoms with E-state index in [1.165, 1.54) is 0 Å². The number of thiophene rings is 1. The van der Waals surface area contributed by atoms with Gasteiger partial charge in [-0.2, -0.15) is 5.10 Å². The van der Waals surface area contributed by atoms with Crippen LogP contribution in [0.4, 0.5) is 5.00 Å². The molecule has 0 atom stereocenters. The van der Waals surface area contributed by atoms with E-state index in [9.17, 15) is 10.1 Å². The number of rotatable bonds is 2. The molecule has 0 N–H and O–H groups in total. The quantitative estimate of drug-likeness (QED) is 0.514. The minimum Gasteiger partial charge on any atom is -0.258 e. The van der Waals surface area contributed by atoms with Crippen molar-refractivity contribution in [2.24, 2.45) is 0 Å². The van der Waals surface area contributed by atoms with Crippen molar-refractivity contribution in [3.05, 3.63) is 46.1 Å².